The van der Waals surface area contributed by atoms with Crippen LogP contribution < -0.4 is 30.1 Å². The van der Waals surface area contributed by atoms with E-state index in [2.05, 4.69) is 29.5 Å². The van der Waals surface area contributed by atoms with E-state index < -0.39 is 57.2 Å². The molecule has 7 N–H and O–H groups in total. The first kappa shape index (κ1) is 31.6. The van der Waals surface area contributed by atoms with E-state index in [1.807, 2.05) is 6.92 Å². The van der Waals surface area contributed by atoms with Crippen LogP contribution in [0.4, 0.5) is 15.3 Å². The Hall–Kier alpha value is -3.59. The second kappa shape index (κ2) is 18.6. The number of rotatable bonds is 17. The van der Waals surface area contributed by atoms with E-state index in [4.69, 9.17) is 16.6 Å². The number of Topliss-reactive ketones (excluding diaryl/α,β-unsaturated/α-hetero) is 1. The van der Waals surface area contributed by atoms with Gasteiger partial charge in [-0.2, -0.15) is 0 Å². The van der Waals surface area contributed by atoms with Gasteiger partial charge in [0.25, 0.3) is 0 Å². The van der Waals surface area contributed by atoms with Crippen LogP contribution in [0.2, 0.25) is 0 Å². The molecule has 0 bridgehead atoms. The van der Waals surface area contributed by atoms with Crippen molar-refractivity contribution in [3.8, 4) is 0 Å². The molecule has 0 aliphatic carbocycles. The number of carbonyl (C=O) groups excluding carboxylic acids is 5. The van der Waals surface area contributed by atoms with Crippen molar-refractivity contribution in [2.75, 3.05) is 22.8 Å². The molecule has 14 nitrogen and oxygen atoms in total. The summed E-state index contributed by atoms with van der Waals surface area (Å²) in [7, 11) is 0. The molecule has 0 aliphatic rings. The second-order valence-electron chi connectivity index (χ2n) is 8.75. The predicted octanol–water partition coefficient (Wildman–Crippen LogP) is 2.20. The number of nitrogens with zero attached hydrogens (tertiary/aromatic N) is 2. The van der Waals surface area contributed by atoms with Crippen LogP contribution in [-0.4, -0.2) is 53.9 Å². The maximum absolute atomic E-state index is 13.2. The zero-order chi connectivity index (χ0) is 30.1. The molecule has 5 amide bonds. The summed E-state index contributed by atoms with van der Waals surface area (Å²) in [6.45, 7) is 5.18. The molecule has 216 valence electrons. The number of hydrogen-bond donors (Lipinski definition) is 6. The molecule has 0 aliphatic heterocycles. The van der Waals surface area contributed by atoms with Crippen LogP contribution in [0.15, 0.2) is 29.4 Å². The number of nitrogens with two attached hydrogens (primary N) is 1. The summed E-state index contributed by atoms with van der Waals surface area (Å²) in [6.07, 6.45) is -0.140. The zero-order valence-electron chi connectivity index (χ0n) is 23.3. The Labute approximate surface area is 238 Å². The third-order valence-corrected chi connectivity index (χ3v) is 6.92. The van der Waals surface area contributed by atoms with E-state index in [0.29, 0.717) is 22.1 Å². The van der Waals surface area contributed by atoms with Gasteiger partial charge >= 0.3 is 135 Å². The van der Waals surface area contributed by atoms with Gasteiger partial charge in [0.2, 0.25) is 17.4 Å². The molecule has 0 saturated heterocycles. The van der Waals surface area contributed by atoms with Crippen molar-refractivity contribution in [2.24, 2.45) is 22.7 Å². The van der Waals surface area contributed by atoms with Crippen molar-refractivity contribution in [1.82, 2.24) is 19.1 Å². The van der Waals surface area contributed by atoms with Gasteiger partial charge in [0.1, 0.15) is 10.6 Å². The molecule has 0 spiro atoms. The molecule has 1 rings (SSSR count). The van der Waals surface area contributed by atoms with Crippen molar-refractivity contribution >= 4 is 56.7 Å². The van der Waals surface area contributed by atoms with E-state index in [1.54, 1.807) is 38.1 Å². The summed E-state index contributed by atoms with van der Waals surface area (Å²) in [5, 5.41) is 11.1. The molecule has 0 heterocycles. The molecule has 39 heavy (non-hydrogen) atoms. The minimum absolute atomic E-state index is 0.00320. The summed E-state index contributed by atoms with van der Waals surface area (Å²) < 4.78 is 16.0. The quantitative estimate of drug-likeness (QED) is 0.0367. The number of alkyl halides is 1. The molecular weight excluding hydrogens is 623 g/mol. The molecule has 1 aromatic rings. The van der Waals surface area contributed by atoms with Gasteiger partial charge in [-0.15, -0.1) is 0 Å². The molecular formula is C24H38IN8O6+. The van der Waals surface area contributed by atoms with Crippen molar-refractivity contribution in [1.29, 1.82) is 6.12 Å². The summed E-state index contributed by atoms with van der Waals surface area (Å²) in [5.41, 5.74) is 12.9. The van der Waals surface area contributed by atoms with Crippen molar-refractivity contribution in [3.05, 3.63) is 29.8 Å². The van der Waals surface area contributed by atoms with Crippen LogP contribution in [0.5, 0.6) is 0 Å². The number of anilines is 1. The van der Waals surface area contributed by atoms with Crippen LogP contribution in [0.25, 0.3) is 0 Å². The normalized spacial score (nSPS) is 12.6. The Morgan fingerprint density at radius 3 is 2.49 bits per heavy atom. The molecule has 0 unspecified atom stereocenters. The first-order chi connectivity index (χ1) is 19.0. The second-order valence-corrected chi connectivity index (χ2v) is 11.6. The van der Waals surface area contributed by atoms with E-state index in [0.717, 1.165) is 0 Å². The van der Waals surface area contributed by atoms with Crippen molar-refractivity contribution in [2.45, 2.75) is 52.7 Å². The third-order valence-electron chi connectivity index (χ3n) is 5.33. The van der Waals surface area contributed by atoms with Crippen LogP contribution in [-0.2, 0) is 25.7 Å². The van der Waals surface area contributed by atoms with Gasteiger partial charge in [0, 0.05) is 6.54 Å². The molecule has 1 aromatic carbocycles. The number of primary amides is 1. The van der Waals surface area contributed by atoms with Gasteiger partial charge in [-0.3, -0.25) is 9.59 Å². The molecule has 15 heteroatoms. The monoisotopic (exact) mass is 662 g/mol. The first-order valence-corrected chi connectivity index (χ1v) is 15.0. The van der Waals surface area contributed by atoms with E-state index >= 15 is 0 Å². The minimum atomic E-state index is -2.23. The van der Waals surface area contributed by atoms with Gasteiger partial charge in [-0.1, -0.05) is 13.8 Å². The van der Waals surface area contributed by atoms with E-state index in [1.165, 1.54) is 0 Å². The SMILES string of the molecule is [2H]I(CC)NC(=O)OCc1ccc(NC(=O)[C@H](CCCNC(N)=O)CC(=O)[C@@H](NC(=O)CN=[N+]=N)C(C)C)cc1. The van der Waals surface area contributed by atoms with Gasteiger partial charge in [0.15, 0.2) is 5.78 Å². The fraction of sp³-hybridized carbons (Fsp3) is 0.542. The first-order valence-electron chi connectivity index (χ1n) is 12.7. The number of amides is 5. The molecule has 0 aromatic heterocycles. The van der Waals surface area contributed by atoms with Gasteiger partial charge in [-0.05, 0) is 12.3 Å². The van der Waals surface area contributed by atoms with Crippen LogP contribution in [0.1, 0.15) is 45.6 Å². The number of halogens is 1. The van der Waals surface area contributed by atoms with Gasteiger partial charge in [0.05, 0.1) is 6.04 Å². The molecule has 0 saturated carbocycles. The fourth-order valence-electron chi connectivity index (χ4n) is 3.42. The Bertz CT molecular complexity index is 1070. The van der Waals surface area contributed by atoms with Crippen molar-refractivity contribution in [3.63, 3.8) is 0 Å². The zero-order valence-corrected chi connectivity index (χ0v) is 24.4. The Kier molecular flexibility index (Phi) is 15.1. The fourth-order valence-corrected chi connectivity index (χ4v) is 4.27. The Morgan fingerprint density at radius 1 is 1.21 bits per heavy atom. The standard InChI is InChI=1S/C24H37IN8O6/c1-4-25-32-24(38)39-14-16-7-9-18(10-8-16)30-22(36)17(6-5-11-28-23(26)37)12-19(34)21(15(2)3)31-20(35)13-29-33-27/h7-10,15,17,21,25,27H,4-6,11-14H2,1-3H3,(H5-,26,28,30,31,32,35,36,37,38)/p+1/t17-,21+/m1/s1/i25D. The van der Waals surface area contributed by atoms with E-state index in [-0.39, 0.29) is 44.2 Å². The van der Waals surface area contributed by atoms with Gasteiger partial charge < -0.3 is 16.4 Å². The molecule has 2 atom stereocenters. The number of urea groups is 1. The number of hydrogen-bond acceptors (Lipinski definition) is 8. The predicted molar refractivity (Wildman–Crippen MR) is 153 cm³/mol. The number of ether oxygens (including phenoxy) is 1. The number of benzene rings is 1. The van der Waals surface area contributed by atoms with Crippen LogP contribution in [0, 0.1) is 17.4 Å². The average Bonchev–Trinajstić information content (AvgIpc) is 2.91. The summed E-state index contributed by atoms with van der Waals surface area (Å²) in [5.74, 6) is -2.36. The third kappa shape index (κ3) is 14.2. The van der Waals surface area contributed by atoms with E-state index in [9.17, 15) is 24.0 Å². The molecule has 0 fully saturated rings. The number of carbonyl (C=O) groups is 5. The van der Waals surface area contributed by atoms with Crippen LogP contribution >= 0.6 is 21.3 Å². The number of ketones is 1. The summed E-state index contributed by atoms with van der Waals surface area (Å²) in [4.78, 5) is 63.9. The average molecular weight is 663 g/mol. The van der Waals surface area contributed by atoms with Gasteiger partial charge in [-0.25, -0.2) is 4.79 Å². The maximum atomic E-state index is 13.2. The van der Waals surface area contributed by atoms with Crippen LogP contribution in [0.3, 0.4) is 0 Å². The van der Waals surface area contributed by atoms with Crippen molar-refractivity contribution < 1.29 is 28.7 Å². The summed E-state index contributed by atoms with van der Waals surface area (Å²) >= 11 is -2.23. The summed E-state index contributed by atoms with van der Waals surface area (Å²) in [6, 6.07) is 5.06. The number of nitrogens with one attached hydrogen (secondary N) is 5. The Balaban J connectivity index is 2.88. The molecule has 0 radical (unpaired) electrons. The Morgan fingerprint density at radius 2 is 1.90 bits per heavy atom. The topological polar surface area (TPSA) is 219 Å².